The lowest BCUT2D eigenvalue weighted by Crippen LogP contribution is -2.28. The maximum atomic E-state index is 12.7. The van der Waals surface area contributed by atoms with Gasteiger partial charge in [-0.1, -0.05) is 19.0 Å². The van der Waals surface area contributed by atoms with Crippen LogP contribution in [0.2, 0.25) is 0 Å². The van der Waals surface area contributed by atoms with E-state index in [1.165, 1.54) is 12.1 Å². The van der Waals surface area contributed by atoms with Crippen molar-refractivity contribution in [3.05, 3.63) is 30.0 Å². The average Bonchev–Trinajstić information content (AvgIpc) is 2.78. The Morgan fingerprint density at radius 2 is 2.17 bits per heavy atom. The molecule has 96 valence electrons. The number of halogens is 1. The number of aromatic nitrogens is 3. The van der Waals surface area contributed by atoms with Crippen LogP contribution in [0.15, 0.2) is 22.9 Å². The van der Waals surface area contributed by atoms with Crippen molar-refractivity contribution in [1.82, 2.24) is 15.1 Å². The lowest BCUT2D eigenvalue weighted by atomic mass is 10.0. The second-order valence-electron chi connectivity index (χ2n) is 4.49. The van der Waals surface area contributed by atoms with Crippen LogP contribution in [0.25, 0.3) is 11.5 Å². The quantitative estimate of drug-likeness (QED) is 0.895. The van der Waals surface area contributed by atoms with E-state index in [1.54, 1.807) is 0 Å². The van der Waals surface area contributed by atoms with E-state index in [4.69, 9.17) is 10.3 Å². The summed E-state index contributed by atoms with van der Waals surface area (Å²) < 4.78 is 17.8. The Hall–Kier alpha value is -1.82. The highest BCUT2D eigenvalue weighted by molar-refractivity contribution is 5.47. The summed E-state index contributed by atoms with van der Waals surface area (Å²) in [6, 6.07) is 2.78. The predicted octanol–water partition coefficient (Wildman–Crippen LogP) is 1.80. The second-order valence-corrected chi connectivity index (χ2v) is 4.49. The highest BCUT2D eigenvalue weighted by Gasteiger charge is 2.15. The first-order valence-corrected chi connectivity index (χ1v) is 5.76. The summed E-state index contributed by atoms with van der Waals surface area (Å²) in [6.07, 6.45) is 1.64. The summed E-state index contributed by atoms with van der Waals surface area (Å²) in [5.74, 6) is 0.756. The third-order valence-corrected chi connectivity index (χ3v) is 2.69. The molecule has 2 aromatic heterocycles. The molecule has 2 aromatic rings. The zero-order valence-electron chi connectivity index (χ0n) is 10.3. The minimum atomic E-state index is -0.399. The molecule has 0 aliphatic rings. The van der Waals surface area contributed by atoms with Gasteiger partial charge >= 0.3 is 0 Å². The first-order chi connectivity index (χ1) is 8.56. The molecule has 0 saturated heterocycles. The Labute approximate surface area is 104 Å². The number of pyridine rings is 1. The number of hydrogen-bond donors (Lipinski definition) is 1. The lowest BCUT2D eigenvalue weighted by Gasteiger charge is -2.11. The van der Waals surface area contributed by atoms with Gasteiger partial charge in [-0.05, 0) is 18.1 Å². The van der Waals surface area contributed by atoms with Gasteiger partial charge in [-0.15, -0.1) is 0 Å². The Bertz CT molecular complexity index is 509. The van der Waals surface area contributed by atoms with Gasteiger partial charge in [-0.25, -0.2) is 9.37 Å². The van der Waals surface area contributed by atoms with Gasteiger partial charge in [0, 0.05) is 12.5 Å². The summed E-state index contributed by atoms with van der Waals surface area (Å²) in [5, 5.41) is 3.80. The van der Waals surface area contributed by atoms with E-state index in [1.807, 2.05) is 13.8 Å². The van der Waals surface area contributed by atoms with E-state index in [-0.39, 0.29) is 6.04 Å². The third kappa shape index (κ3) is 2.89. The van der Waals surface area contributed by atoms with E-state index in [2.05, 4.69) is 15.1 Å². The number of hydrogen-bond acceptors (Lipinski definition) is 5. The van der Waals surface area contributed by atoms with Gasteiger partial charge in [0.15, 0.2) is 0 Å². The minimum absolute atomic E-state index is 0.0283. The second kappa shape index (κ2) is 5.22. The Kier molecular flexibility index (Phi) is 3.66. The first kappa shape index (κ1) is 12.6. The molecule has 0 saturated carbocycles. The molecule has 0 bridgehead atoms. The maximum absolute atomic E-state index is 12.7. The standard InChI is InChI=1S/C12H15FN4O/c1-7(2)9(14)5-11-16-12(17-18-11)10-4-3-8(13)6-15-10/h3-4,6-7,9H,5,14H2,1-2H3. The summed E-state index contributed by atoms with van der Waals surface area (Å²) in [5.41, 5.74) is 6.40. The predicted molar refractivity (Wildman–Crippen MR) is 64.0 cm³/mol. The zero-order valence-corrected chi connectivity index (χ0v) is 10.3. The van der Waals surface area contributed by atoms with Crippen molar-refractivity contribution >= 4 is 0 Å². The fraction of sp³-hybridized carbons (Fsp3) is 0.417. The van der Waals surface area contributed by atoms with Crippen molar-refractivity contribution in [2.24, 2.45) is 11.7 Å². The molecule has 1 unspecified atom stereocenters. The molecular weight excluding hydrogens is 235 g/mol. The summed E-state index contributed by atoms with van der Waals surface area (Å²) in [6.45, 7) is 4.06. The van der Waals surface area contributed by atoms with Crippen LogP contribution in [0.3, 0.4) is 0 Å². The molecule has 5 nitrogen and oxygen atoms in total. The summed E-state index contributed by atoms with van der Waals surface area (Å²) >= 11 is 0. The van der Waals surface area contributed by atoms with Crippen LogP contribution in [0, 0.1) is 11.7 Å². The zero-order chi connectivity index (χ0) is 13.1. The number of nitrogens with zero attached hydrogens (tertiary/aromatic N) is 3. The van der Waals surface area contributed by atoms with Gasteiger partial charge in [0.1, 0.15) is 11.5 Å². The third-order valence-electron chi connectivity index (χ3n) is 2.69. The number of rotatable bonds is 4. The minimum Gasteiger partial charge on any atom is -0.339 e. The molecule has 0 aromatic carbocycles. The van der Waals surface area contributed by atoms with Crippen LogP contribution in [0.1, 0.15) is 19.7 Å². The fourth-order valence-corrected chi connectivity index (χ4v) is 1.39. The molecule has 0 spiro atoms. The molecular formula is C12H15FN4O. The molecule has 0 radical (unpaired) electrons. The Morgan fingerprint density at radius 1 is 1.39 bits per heavy atom. The van der Waals surface area contributed by atoms with E-state index in [9.17, 15) is 4.39 Å². The van der Waals surface area contributed by atoms with Crippen molar-refractivity contribution in [1.29, 1.82) is 0 Å². The molecule has 2 N–H and O–H groups in total. The topological polar surface area (TPSA) is 77.8 Å². The molecule has 1 atom stereocenters. The molecule has 0 fully saturated rings. The summed E-state index contributed by atoms with van der Waals surface area (Å²) in [7, 11) is 0. The van der Waals surface area contributed by atoms with Crippen LogP contribution >= 0.6 is 0 Å². The largest absolute Gasteiger partial charge is 0.339 e. The van der Waals surface area contributed by atoms with Crippen LogP contribution in [-0.2, 0) is 6.42 Å². The molecule has 2 rings (SSSR count). The smallest absolute Gasteiger partial charge is 0.228 e. The first-order valence-electron chi connectivity index (χ1n) is 5.76. The Morgan fingerprint density at radius 3 is 2.78 bits per heavy atom. The SMILES string of the molecule is CC(C)C(N)Cc1nc(-c2ccc(F)cn2)no1. The van der Waals surface area contributed by atoms with Crippen LogP contribution in [0.5, 0.6) is 0 Å². The van der Waals surface area contributed by atoms with Crippen molar-refractivity contribution in [2.45, 2.75) is 26.3 Å². The van der Waals surface area contributed by atoms with Crippen molar-refractivity contribution in [3.8, 4) is 11.5 Å². The molecule has 6 heteroatoms. The van der Waals surface area contributed by atoms with Gasteiger partial charge in [0.05, 0.1) is 6.20 Å². The van der Waals surface area contributed by atoms with E-state index < -0.39 is 5.82 Å². The number of nitrogens with two attached hydrogens (primary N) is 1. The van der Waals surface area contributed by atoms with E-state index in [0.717, 1.165) is 6.20 Å². The molecule has 18 heavy (non-hydrogen) atoms. The molecule has 0 aliphatic carbocycles. The van der Waals surface area contributed by atoms with Gasteiger partial charge in [0.25, 0.3) is 0 Å². The summed E-state index contributed by atoms with van der Waals surface area (Å²) in [4.78, 5) is 8.07. The molecule has 2 heterocycles. The van der Waals surface area contributed by atoms with Gasteiger partial charge < -0.3 is 10.3 Å². The average molecular weight is 250 g/mol. The van der Waals surface area contributed by atoms with E-state index >= 15 is 0 Å². The van der Waals surface area contributed by atoms with Crippen LogP contribution in [-0.4, -0.2) is 21.2 Å². The fourth-order valence-electron chi connectivity index (χ4n) is 1.39. The normalized spacial score (nSPS) is 12.9. The highest BCUT2D eigenvalue weighted by atomic mass is 19.1. The molecule has 0 amide bonds. The van der Waals surface area contributed by atoms with E-state index in [0.29, 0.717) is 29.7 Å². The maximum Gasteiger partial charge on any atom is 0.228 e. The monoisotopic (exact) mass is 250 g/mol. The van der Waals surface area contributed by atoms with Gasteiger partial charge in [-0.2, -0.15) is 4.98 Å². The highest BCUT2D eigenvalue weighted by Crippen LogP contribution is 2.14. The van der Waals surface area contributed by atoms with Crippen molar-refractivity contribution in [2.75, 3.05) is 0 Å². The van der Waals surface area contributed by atoms with Crippen molar-refractivity contribution < 1.29 is 8.91 Å². The van der Waals surface area contributed by atoms with Crippen LogP contribution in [0.4, 0.5) is 4.39 Å². The molecule has 0 aliphatic heterocycles. The Balaban J connectivity index is 2.13. The van der Waals surface area contributed by atoms with Gasteiger partial charge in [-0.3, -0.25) is 0 Å². The van der Waals surface area contributed by atoms with Crippen LogP contribution < -0.4 is 5.73 Å². The van der Waals surface area contributed by atoms with Crippen molar-refractivity contribution in [3.63, 3.8) is 0 Å². The van der Waals surface area contributed by atoms with Gasteiger partial charge in [0.2, 0.25) is 11.7 Å². The lowest BCUT2D eigenvalue weighted by molar-refractivity contribution is 0.353.